The number of ether oxygens (including phenoxy) is 2. The second kappa shape index (κ2) is 5.95. The average Bonchev–Trinajstić information content (AvgIpc) is 2.25. The van der Waals surface area contributed by atoms with Gasteiger partial charge in [0.2, 0.25) is 0 Å². The zero-order chi connectivity index (χ0) is 11.4. The summed E-state index contributed by atoms with van der Waals surface area (Å²) in [4.78, 5) is 0. The fourth-order valence-corrected chi connectivity index (χ4v) is 1.45. The largest absolute Gasteiger partial charge is 0.394 e. The Bertz CT molecular complexity index is 190. The third-order valence-electron chi connectivity index (χ3n) is 2.21. The highest BCUT2D eigenvalue weighted by atomic mass is 35.5. The van der Waals surface area contributed by atoms with Gasteiger partial charge >= 0.3 is 0 Å². The molecule has 4 N–H and O–H groups in total. The number of alkyl halides is 1. The Kier molecular flexibility index (Phi) is 5.20. The maximum atomic E-state index is 9.46. The maximum absolute atomic E-state index is 9.46. The fourth-order valence-electron chi connectivity index (χ4n) is 1.37. The molecular weight excluding hydrogens is 228 g/mol. The van der Waals surface area contributed by atoms with Gasteiger partial charge in [-0.3, -0.25) is 0 Å². The molecule has 0 aromatic rings. The van der Waals surface area contributed by atoms with Crippen molar-refractivity contribution in [3.05, 3.63) is 0 Å². The molecule has 0 bridgehead atoms. The van der Waals surface area contributed by atoms with Crippen LogP contribution in [0.1, 0.15) is 0 Å². The Balaban J connectivity index is 2.57. The quantitative estimate of drug-likeness (QED) is 0.428. The Morgan fingerprint density at radius 1 is 1.13 bits per heavy atom. The first-order chi connectivity index (χ1) is 7.11. The smallest absolute Gasteiger partial charge is 0.186 e. The van der Waals surface area contributed by atoms with Gasteiger partial charge < -0.3 is 29.9 Å². The first-order valence-electron chi connectivity index (χ1n) is 4.60. The van der Waals surface area contributed by atoms with E-state index in [1.807, 2.05) is 0 Å². The third-order valence-corrected chi connectivity index (χ3v) is 2.36. The highest BCUT2D eigenvalue weighted by Crippen LogP contribution is 2.21. The second-order valence-corrected chi connectivity index (χ2v) is 3.64. The monoisotopic (exact) mass is 242 g/mol. The summed E-state index contributed by atoms with van der Waals surface area (Å²) in [6.45, 7) is -0.323. The van der Waals surface area contributed by atoms with Crippen LogP contribution in [-0.2, 0) is 9.47 Å². The van der Waals surface area contributed by atoms with E-state index in [2.05, 4.69) is 0 Å². The minimum atomic E-state index is -1.41. The topological polar surface area (TPSA) is 99.4 Å². The number of aliphatic hydroxyl groups is 4. The molecule has 1 heterocycles. The van der Waals surface area contributed by atoms with E-state index in [9.17, 15) is 15.3 Å². The minimum Gasteiger partial charge on any atom is -0.394 e. The molecular formula is C8H15ClO6. The lowest BCUT2D eigenvalue weighted by Crippen LogP contribution is -2.59. The average molecular weight is 243 g/mol. The first kappa shape index (κ1) is 13.1. The van der Waals surface area contributed by atoms with Crippen molar-refractivity contribution in [1.82, 2.24) is 0 Å². The third kappa shape index (κ3) is 3.01. The molecule has 1 aliphatic rings. The molecule has 6 nitrogen and oxygen atoms in total. The van der Waals surface area contributed by atoms with E-state index in [1.54, 1.807) is 0 Å². The Labute approximate surface area is 92.0 Å². The highest BCUT2D eigenvalue weighted by Gasteiger charge is 2.43. The number of hydrogen-bond donors (Lipinski definition) is 4. The van der Waals surface area contributed by atoms with Gasteiger partial charge in [0.15, 0.2) is 6.29 Å². The van der Waals surface area contributed by atoms with Crippen molar-refractivity contribution >= 4 is 11.6 Å². The molecule has 0 radical (unpaired) electrons. The van der Waals surface area contributed by atoms with Crippen molar-refractivity contribution in [2.45, 2.75) is 30.7 Å². The molecule has 1 rings (SSSR count). The van der Waals surface area contributed by atoms with Crippen LogP contribution in [0.15, 0.2) is 0 Å². The SMILES string of the molecule is OC[C@H]1O[C@H](OCCCl)[C@H](O)[C@@H](O)[C@H]1O. The van der Waals surface area contributed by atoms with Gasteiger partial charge in [0.05, 0.1) is 13.2 Å². The number of rotatable bonds is 4. The normalized spacial score (nSPS) is 41.8. The van der Waals surface area contributed by atoms with Crippen LogP contribution in [0.2, 0.25) is 0 Å². The van der Waals surface area contributed by atoms with Crippen LogP contribution in [0.3, 0.4) is 0 Å². The Hall–Kier alpha value is 0.0500. The molecule has 0 spiro atoms. The Morgan fingerprint density at radius 3 is 2.33 bits per heavy atom. The van der Waals surface area contributed by atoms with Gasteiger partial charge in [0.1, 0.15) is 24.4 Å². The molecule has 1 aliphatic heterocycles. The van der Waals surface area contributed by atoms with Crippen LogP contribution in [0.25, 0.3) is 0 Å². The van der Waals surface area contributed by atoms with Crippen LogP contribution in [-0.4, -0.2) is 70.2 Å². The Morgan fingerprint density at radius 2 is 1.80 bits per heavy atom. The van der Waals surface area contributed by atoms with Crippen LogP contribution in [0.5, 0.6) is 0 Å². The highest BCUT2D eigenvalue weighted by molar-refractivity contribution is 6.17. The number of halogens is 1. The van der Waals surface area contributed by atoms with Gasteiger partial charge in [-0.1, -0.05) is 0 Å². The van der Waals surface area contributed by atoms with Crippen molar-refractivity contribution in [2.75, 3.05) is 19.1 Å². The zero-order valence-corrected chi connectivity index (χ0v) is 8.75. The fraction of sp³-hybridized carbons (Fsp3) is 1.00. The molecule has 1 saturated heterocycles. The summed E-state index contributed by atoms with van der Waals surface area (Å²) in [7, 11) is 0. The number of hydrogen-bond acceptors (Lipinski definition) is 6. The standard InChI is InChI=1S/C8H15ClO6/c9-1-2-14-8-7(13)6(12)5(11)4(3-10)15-8/h4-8,10-13H,1-3H2/t4-,5+,6+,7-,8+/m1/s1. The number of aliphatic hydroxyl groups excluding tert-OH is 4. The molecule has 1 fully saturated rings. The summed E-state index contributed by atoms with van der Waals surface area (Å²) in [6.07, 6.45) is -6.15. The predicted octanol–water partition coefficient (Wildman–Crippen LogP) is -1.96. The van der Waals surface area contributed by atoms with Crippen molar-refractivity contribution < 1.29 is 29.9 Å². The van der Waals surface area contributed by atoms with Crippen molar-refractivity contribution in [3.63, 3.8) is 0 Å². The summed E-state index contributed by atoms with van der Waals surface area (Å²) in [5.41, 5.74) is 0. The molecule has 0 saturated carbocycles. The predicted molar refractivity (Wildman–Crippen MR) is 50.4 cm³/mol. The van der Waals surface area contributed by atoms with Crippen molar-refractivity contribution in [1.29, 1.82) is 0 Å². The molecule has 0 aromatic carbocycles. The van der Waals surface area contributed by atoms with Gasteiger partial charge in [-0.15, -0.1) is 11.6 Å². The second-order valence-electron chi connectivity index (χ2n) is 3.26. The van der Waals surface area contributed by atoms with Gasteiger partial charge in [0, 0.05) is 5.88 Å². The van der Waals surface area contributed by atoms with Crippen LogP contribution in [0, 0.1) is 0 Å². The summed E-state index contributed by atoms with van der Waals surface area (Å²) in [6, 6.07) is 0. The molecule has 0 amide bonds. The summed E-state index contributed by atoms with van der Waals surface area (Å²) in [5, 5.41) is 37.1. The lowest BCUT2D eigenvalue weighted by molar-refractivity contribution is -0.299. The van der Waals surface area contributed by atoms with E-state index in [1.165, 1.54) is 0 Å². The molecule has 15 heavy (non-hydrogen) atoms. The molecule has 0 unspecified atom stereocenters. The van der Waals surface area contributed by atoms with E-state index < -0.39 is 37.3 Å². The molecule has 0 aromatic heterocycles. The first-order valence-corrected chi connectivity index (χ1v) is 5.13. The van der Waals surface area contributed by atoms with E-state index in [-0.39, 0.29) is 12.5 Å². The summed E-state index contributed by atoms with van der Waals surface area (Å²) < 4.78 is 10.1. The van der Waals surface area contributed by atoms with Gasteiger partial charge in [-0.2, -0.15) is 0 Å². The molecule has 5 atom stereocenters. The lowest BCUT2D eigenvalue weighted by Gasteiger charge is -2.39. The van der Waals surface area contributed by atoms with E-state index in [0.717, 1.165) is 0 Å². The maximum Gasteiger partial charge on any atom is 0.186 e. The van der Waals surface area contributed by atoms with Gasteiger partial charge in [0.25, 0.3) is 0 Å². The molecule has 0 aliphatic carbocycles. The van der Waals surface area contributed by atoms with Gasteiger partial charge in [-0.25, -0.2) is 0 Å². The van der Waals surface area contributed by atoms with Crippen LogP contribution >= 0.6 is 11.6 Å². The van der Waals surface area contributed by atoms with Gasteiger partial charge in [-0.05, 0) is 0 Å². The lowest BCUT2D eigenvalue weighted by atomic mass is 9.99. The summed E-state index contributed by atoms with van der Waals surface area (Å²) >= 11 is 5.38. The van der Waals surface area contributed by atoms with Crippen LogP contribution < -0.4 is 0 Å². The zero-order valence-electron chi connectivity index (χ0n) is 7.99. The van der Waals surface area contributed by atoms with Crippen molar-refractivity contribution in [3.8, 4) is 0 Å². The van der Waals surface area contributed by atoms with Crippen LogP contribution in [0.4, 0.5) is 0 Å². The van der Waals surface area contributed by atoms with E-state index in [0.29, 0.717) is 0 Å². The van der Waals surface area contributed by atoms with Crippen molar-refractivity contribution in [2.24, 2.45) is 0 Å². The molecule has 7 heteroatoms. The van der Waals surface area contributed by atoms with E-state index in [4.69, 9.17) is 26.2 Å². The van der Waals surface area contributed by atoms with E-state index >= 15 is 0 Å². The summed E-state index contributed by atoms with van der Waals surface area (Å²) in [5.74, 6) is 0.217. The minimum absolute atomic E-state index is 0.143. The molecule has 90 valence electrons.